The van der Waals surface area contributed by atoms with Crippen molar-refractivity contribution in [1.29, 1.82) is 5.26 Å². The number of carboxylic acids is 1. The lowest BCUT2D eigenvalue weighted by Crippen LogP contribution is -1.97. The van der Waals surface area contributed by atoms with E-state index in [1.807, 2.05) is 0 Å². The normalized spacial score (nSPS) is 10.9. The van der Waals surface area contributed by atoms with Gasteiger partial charge in [-0.3, -0.25) is 0 Å². The molecule has 0 spiro atoms. The van der Waals surface area contributed by atoms with Gasteiger partial charge in [-0.25, -0.2) is 4.79 Å². The van der Waals surface area contributed by atoms with Gasteiger partial charge in [-0.1, -0.05) is 0 Å². The number of hydrogen-bond acceptors (Lipinski definition) is 3. The Morgan fingerprint density at radius 3 is 2.85 bits per heavy atom. The van der Waals surface area contributed by atoms with Gasteiger partial charge in [0.25, 0.3) is 0 Å². The molecular formula is C9H7NO3. The van der Waals surface area contributed by atoms with E-state index in [0.29, 0.717) is 5.76 Å². The van der Waals surface area contributed by atoms with Crippen LogP contribution in [0, 0.1) is 18.3 Å². The molecule has 1 heterocycles. The molecule has 13 heavy (non-hydrogen) atoms. The zero-order valence-electron chi connectivity index (χ0n) is 6.94. The number of hydrogen-bond donors (Lipinski definition) is 1. The van der Waals surface area contributed by atoms with Crippen molar-refractivity contribution in [3.05, 3.63) is 29.2 Å². The van der Waals surface area contributed by atoms with E-state index in [2.05, 4.69) is 0 Å². The van der Waals surface area contributed by atoms with Crippen LogP contribution in [0.1, 0.15) is 11.3 Å². The zero-order valence-corrected chi connectivity index (χ0v) is 6.94. The summed E-state index contributed by atoms with van der Waals surface area (Å²) in [7, 11) is 0. The van der Waals surface area contributed by atoms with Crippen molar-refractivity contribution >= 4 is 12.0 Å². The number of aliphatic carboxylic acids is 1. The van der Waals surface area contributed by atoms with E-state index >= 15 is 0 Å². The van der Waals surface area contributed by atoms with Crippen molar-refractivity contribution in [3.8, 4) is 6.07 Å². The Labute approximate surface area is 74.7 Å². The SMILES string of the molecule is Cc1ccoc1/C=C(/C#N)C(=O)O. The summed E-state index contributed by atoms with van der Waals surface area (Å²) in [5.41, 5.74) is 0.465. The molecule has 0 amide bonds. The Hall–Kier alpha value is -2.02. The van der Waals surface area contributed by atoms with Gasteiger partial charge >= 0.3 is 5.97 Å². The molecule has 1 N–H and O–H groups in total. The predicted molar refractivity (Wildman–Crippen MR) is 44.7 cm³/mol. The highest BCUT2D eigenvalue weighted by Gasteiger charge is 2.07. The van der Waals surface area contributed by atoms with Gasteiger partial charge in [0.15, 0.2) is 0 Å². The van der Waals surface area contributed by atoms with Crippen LogP contribution in [-0.4, -0.2) is 11.1 Å². The first-order chi connectivity index (χ1) is 6.15. The van der Waals surface area contributed by atoms with Gasteiger partial charge in [-0.2, -0.15) is 5.26 Å². The molecule has 4 heteroatoms. The van der Waals surface area contributed by atoms with E-state index in [1.165, 1.54) is 12.3 Å². The van der Waals surface area contributed by atoms with Crippen LogP contribution >= 0.6 is 0 Å². The molecule has 0 aliphatic carbocycles. The standard InChI is InChI=1S/C9H7NO3/c1-6-2-3-13-8(6)4-7(5-10)9(11)12/h2-4H,1H3,(H,11,12)/b7-4-. The Morgan fingerprint density at radius 2 is 2.46 bits per heavy atom. The number of rotatable bonds is 2. The molecule has 0 aliphatic heterocycles. The first-order valence-corrected chi connectivity index (χ1v) is 3.54. The summed E-state index contributed by atoms with van der Waals surface area (Å²) < 4.78 is 4.96. The lowest BCUT2D eigenvalue weighted by atomic mass is 10.2. The minimum Gasteiger partial charge on any atom is -0.477 e. The summed E-state index contributed by atoms with van der Waals surface area (Å²) in [6.45, 7) is 1.77. The summed E-state index contributed by atoms with van der Waals surface area (Å²) in [5.74, 6) is -0.850. The third-order valence-electron chi connectivity index (χ3n) is 1.53. The lowest BCUT2D eigenvalue weighted by molar-refractivity contribution is -0.132. The number of carbonyl (C=O) groups is 1. The molecule has 0 saturated carbocycles. The Kier molecular flexibility index (Phi) is 2.50. The van der Waals surface area contributed by atoms with Crippen LogP contribution in [0.25, 0.3) is 6.08 Å². The smallest absolute Gasteiger partial charge is 0.346 e. The summed E-state index contributed by atoms with van der Waals surface area (Å²) in [5, 5.41) is 17.0. The van der Waals surface area contributed by atoms with Crippen LogP contribution in [0.5, 0.6) is 0 Å². The number of carboxylic acid groups (broad SMARTS) is 1. The van der Waals surface area contributed by atoms with E-state index in [0.717, 1.165) is 5.56 Å². The van der Waals surface area contributed by atoms with Crippen molar-refractivity contribution in [2.24, 2.45) is 0 Å². The van der Waals surface area contributed by atoms with Crippen LogP contribution in [0.3, 0.4) is 0 Å². The Balaban J connectivity index is 3.07. The molecule has 1 aromatic heterocycles. The minimum absolute atomic E-state index is 0.335. The fourth-order valence-electron chi connectivity index (χ4n) is 0.805. The van der Waals surface area contributed by atoms with Crippen molar-refractivity contribution in [2.75, 3.05) is 0 Å². The maximum atomic E-state index is 10.4. The lowest BCUT2D eigenvalue weighted by Gasteiger charge is -1.89. The van der Waals surface area contributed by atoms with Gasteiger partial charge in [0.05, 0.1) is 6.26 Å². The quantitative estimate of drug-likeness (QED) is 0.549. The largest absolute Gasteiger partial charge is 0.477 e. The second kappa shape index (κ2) is 3.59. The second-order valence-electron chi connectivity index (χ2n) is 2.44. The maximum absolute atomic E-state index is 10.4. The molecule has 1 aromatic rings. The highest BCUT2D eigenvalue weighted by Crippen LogP contribution is 2.12. The molecule has 0 aromatic carbocycles. The highest BCUT2D eigenvalue weighted by atomic mass is 16.4. The first-order valence-electron chi connectivity index (χ1n) is 3.54. The van der Waals surface area contributed by atoms with Crippen molar-refractivity contribution in [3.63, 3.8) is 0 Å². The topological polar surface area (TPSA) is 74.2 Å². The maximum Gasteiger partial charge on any atom is 0.346 e. The molecule has 0 aliphatic rings. The van der Waals surface area contributed by atoms with Crippen LogP contribution in [0.2, 0.25) is 0 Å². The van der Waals surface area contributed by atoms with Gasteiger partial charge in [-0.15, -0.1) is 0 Å². The molecule has 66 valence electrons. The summed E-state index contributed by atoms with van der Waals surface area (Å²) in [4.78, 5) is 10.4. The molecule has 1 rings (SSSR count). The predicted octanol–water partition coefficient (Wildman–Crippen LogP) is 1.58. The van der Waals surface area contributed by atoms with E-state index < -0.39 is 5.97 Å². The summed E-state index contributed by atoms with van der Waals surface area (Å²) in [6, 6.07) is 3.27. The fourth-order valence-corrected chi connectivity index (χ4v) is 0.805. The number of nitriles is 1. The van der Waals surface area contributed by atoms with E-state index in [-0.39, 0.29) is 5.57 Å². The van der Waals surface area contributed by atoms with Crippen molar-refractivity contribution < 1.29 is 14.3 Å². The molecular weight excluding hydrogens is 170 g/mol. The highest BCUT2D eigenvalue weighted by molar-refractivity contribution is 5.96. The molecule has 0 bridgehead atoms. The second-order valence-corrected chi connectivity index (χ2v) is 2.44. The monoisotopic (exact) mass is 177 g/mol. The molecule has 0 fully saturated rings. The van der Waals surface area contributed by atoms with Gasteiger partial charge in [0, 0.05) is 6.08 Å². The van der Waals surface area contributed by atoms with Crippen LogP contribution in [-0.2, 0) is 4.79 Å². The Bertz CT molecular complexity index is 395. The molecule has 0 radical (unpaired) electrons. The average molecular weight is 177 g/mol. The molecule has 0 atom stereocenters. The Morgan fingerprint density at radius 1 is 1.77 bits per heavy atom. The van der Waals surface area contributed by atoms with Crippen molar-refractivity contribution in [2.45, 2.75) is 6.92 Å². The molecule has 0 unspecified atom stereocenters. The average Bonchev–Trinajstić information content (AvgIpc) is 2.46. The van der Waals surface area contributed by atoms with Crippen molar-refractivity contribution in [1.82, 2.24) is 0 Å². The molecule has 0 saturated heterocycles. The fraction of sp³-hybridized carbons (Fsp3) is 0.111. The third kappa shape index (κ3) is 1.97. The van der Waals surface area contributed by atoms with Gasteiger partial charge in [0.1, 0.15) is 17.4 Å². The molecule has 4 nitrogen and oxygen atoms in total. The van der Waals surface area contributed by atoms with E-state index in [9.17, 15) is 4.79 Å². The summed E-state index contributed by atoms with van der Waals surface area (Å²) in [6.07, 6.45) is 2.65. The van der Waals surface area contributed by atoms with E-state index in [4.69, 9.17) is 14.8 Å². The number of nitrogens with zero attached hydrogens (tertiary/aromatic N) is 1. The van der Waals surface area contributed by atoms with Gasteiger partial charge in [-0.05, 0) is 18.6 Å². The van der Waals surface area contributed by atoms with Crippen LogP contribution in [0.4, 0.5) is 0 Å². The van der Waals surface area contributed by atoms with Gasteiger partial charge in [0.2, 0.25) is 0 Å². The minimum atomic E-state index is -1.25. The first kappa shape index (κ1) is 9.07. The third-order valence-corrected chi connectivity index (χ3v) is 1.53. The van der Waals surface area contributed by atoms with E-state index in [1.54, 1.807) is 19.1 Å². The zero-order chi connectivity index (χ0) is 9.84. The van der Waals surface area contributed by atoms with Gasteiger partial charge < -0.3 is 9.52 Å². The summed E-state index contributed by atoms with van der Waals surface area (Å²) >= 11 is 0. The van der Waals surface area contributed by atoms with Crippen LogP contribution < -0.4 is 0 Å². The van der Waals surface area contributed by atoms with Crippen LogP contribution in [0.15, 0.2) is 22.3 Å². The number of furan rings is 1. The number of aryl methyl sites for hydroxylation is 1.